The van der Waals surface area contributed by atoms with E-state index in [1.54, 1.807) is 18.9 Å². The summed E-state index contributed by atoms with van der Waals surface area (Å²) in [5.41, 5.74) is 1.89. The van der Waals surface area contributed by atoms with Gasteiger partial charge in [-0.05, 0) is 38.1 Å². The van der Waals surface area contributed by atoms with Gasteiger partial charge < -0.3 is 13.7 Å². The first-order chi connectivity index (χ1) is 14.2. The van der Waals surface area contributed by atoms with Crippen LogP contribution in [0.15, 0.2) is 64.2 Å². The van der Waals surface area contributed by atoms with Crippen molar-refractivity contribution in [3.05, 3.63) is 60.5 Å². The summed E-state index contributed by atoms with van der Waals surface area (Å²) in [5, 5.41) is 17.9. The highest BCUT2D eigenvalue weighted by Gasteiger charge is 2.21. The van der Waals surface area contributed by atoms with E-state index in [4.69, 9.17) is 9.15 Å². The average Bonchev–Trinajstić information content (AvgIpc) is 3.42. The maximum atomic E-state index is 5.90. The Morgan fingerprint density at radius 3 is 2.41 bits per heavy atom. The normalized spacial score (nSPS) is 12.1. The largest absolute Gasteiger partial charge is 0.497 e. The van der Waals surface area contributed by atoms with Gasteiger partial charge in [0.2, 0.25) is 11.8 Å². The van der Waals surface area contributed by atoms with Gasteiger partial charge in [-0.3, -0.25) is 0 Å². The lowest BCUT2D eigenvalue weighted by molar-refractivity contribution is 0.415. The van der Waals surface area contributed by atoms with Gasteiger partial charge in [0, 0.05) is 17.7 Å². The van der Waals surface area contributed by atoms with Crippen molar-refractivity contribution < 1.29 is 9.15 Å². The van der Waals surface area contributed by atoms with Gasteiger partial charge in [0.05, 0.1) is 12.4 Å². The van der Waals surface area contributed by atoms with Gasteiger partial charge in [0.25, 0.3) is 0 Å². The van der Waals surface area contributed by atoms with E-state index >= 15 is 0 Å². The Hall–Kier alpha value is -3.13. The molecule has 0 radical (unpaired) electrons. The van der Waals surface area contributed by atoms with Crippen molar-refractivity contribution in [2.45, 2.75) is 30.8 Å². The second kappa shape index (κ2) is 8.48. The van der Waals surface area contributed by atoms with Crippen molar-refractivity contribution in [2.24, 2.45) is 0 Å². The molecule has 8 heteroatoms. The van der Waals surface area contributed by atoms with E-state index in [0.717, 1.165) is 34.4 Å². The third-order valence-corrected chi connectivity index (χ3v) is 5.54. The summed E-state index contributed by atoms with van der Waals surface area (Å²) in [6.07, 6.45) is 0. The molecular formula is C21H21N5O2S. The molecule has 0 aliphatic heterocycles. The molecule has 0 bridgehead atoms. The Morgan fingerprint density at radius 2 is 1.72 bits per heavy atom. The molecule has 29 heavy (non-hydrogen) atoms. The average molecular weight is 407 g/mol. The number of hydrogen-bond donors (Lipinski definition) is 0. The van der Waals surface area contributed by atoms with E-state index < -0.39 is 0 Å². The highest BCUT2D eigenvalue weighted by molar-refractivity contribution is 7.99. The minimum atomic E-state index is -0.0624. The number of rotatable bonds is 7. The highest BCUT2D eigenvalue weighted by atomic mass is 32.2. The molecule has 2 heterocycles. The molecular weight excluding hydrogens is 386 g/mol. The molecule has 0 amide bonds. The summed E-state index contributed by atoms with van der Waals surface area (Å²) in [6.45, 7) is 4.87. The zero-order chi connectivity index (χ0) is 20.2. The van der Waals surface area contributed by atoms with Crippen LogP contribution in [0, 0.1) is 0 Å². The topological polar surface area (TPSA) is 78.9 Å². The third-order valence-electron chi connectivity index (χ3n) is 4.47. The van der Waals surface area contributed by atoms with Crippen LogP contribution >= 0.6 is 11.8 Å². The lowest BCUT2D eigenvalue weighted by atomic mass is 10.2. The van der Waals surface area contributed by atoms with Crippen LogP contribution in [0.3, 0.4) is 0 Å². The monoisotopic (exact) mass is 407 g/mol. The molecule has 0 saturated heterocycles. The zero-order valence-corrected chi connectivity index (χ0v) is 17.3. The van der Waals surface area contributed by atoms with Crippen molar-refractivity contribution in [3.63, 3.8) is 0 Å². The van der Waals surface area contributed by atoms with Crippen LogP contribution in [-0.2, 0) is 6.54 Å². The lowest BCUT2D eigenvalue weighted by Gasteiger charge is -2.09. The van der Waals surface area contributed by atoms with E-state index in [9.17, 15) is 0 Å². The fourth-order valence-corrected chi connectivity index (χ4v) is 3.86. The fourth-order valence-electron chi connectivity index (χ4n) is 2.92. The molecule has 2 aromatic heterocycles. The summed E-state index contributed by atoms with van der Waals surface area (Å²) < 4.78 is 13.2. The van der Waals surface area contributed by atoms with E-state index in [-0.39, 0.29) is 5.25 Å². The molecule has 0 saturated carbocycles. The van der Waals surface area contributed by atoms with Crippen LogP contribution < -0.4 is 4.74 Å². The zero-order valence-electron chi connectivity index (χ0n) is 16.4. The Labute approximate surface area is 173 Å². The van der Waals surface area contributed by atoms with Crippen LogP contribution in [0.25, 0.3) is 22.8 Å². The van der Waals surface area contributed by atoms with Gasteiger partial charge in [-0.25, -0.2) is 0 Å². The van der Waals surface area contributed by atoms with E-state index in [2.05, 4.69) is 31.9 Å². The van der Waals surface area contributed by atoms with Crippen molar-refractivity contribution in [3.8, 4) is 28.6 Å². The molecule has 0 N–H and O–H groups in total. The molecule has 0 aliphatic rings. The summed E-state index contributed by atoms with van der Waals surface area (Å²) >= 11 is 1.55. The van der Waals surface area contributed by atoms with Gasteiger partial charge in [0.15, 0.2) is 11.0 Å². The number of thioether (sulfide) groups is 1. The summed E-state index contributed by atoms with van der Waals surface area (Å²) in [6, 6.07) is 17.6. The first-order valence-corrected chi connectivity index (χ1v) is 10.2. The molecule has 1 atom stereocenters. The molecule has 0 fully saturated rings. The number of benzene rings is 2. The van der Waals surface area contributed by atoms with Crippen LogP contribution in [0.5, 0.6) is 5.75 Å². The Kier molecular flexibility index (Phi) is 5.62. The van der Waals surface area contributed by atoms with Gasteiger partial charge in [-0.2, -0.15) is 0 Å². The SMILES string of the molecule is CCn1c(S[C@H](C)c2nnc(-c3ccc(OC)cc3)o2)nnc1-c1ccccc1. The smallest absolute Gasteiger partial charge is 0.247 e. The molecule has 4 aromatic rings. The maximum absolute atomic E-state index is 5.90. The molecule has 0 unspecified atom stereocenters. The Bertz CT molecular complexity index is 1080. The number of methoxy groups -OCH3 is 1. The van der Waals surface area contributed by atoms with E-state index in [1.807, 2.05) is 61.5 Å². The Balaban J connectivity index is 1.53. The van der Waals surface area contributed by atoms with Gasteiger partial charge in [0.1, 0.15) is 5.75 Å². The molecule has 7 nitrogen and oxygen atoms in total. The summed E-state index contributed by atoms with van der Waals surface area (Å²) in [4.78, 5) is 0. The number of ether oxygens (including phenoxy) is 1. The van der Waals surface area contributed by atoms with Gasteiger partial charge >= 0.3 is 0 Å². The van der Waals surface area contributed by atoms with E-state index in [1.165, 1.54) is 0 Å². The second-order valence-corrected chi connectivity index (χ2v) is 7.66. The van der Waals surface area contributed by atoms with Crippen molar-refractivity contribution >= 4 is 11.8 Å². The highest BCUT2D eigenvalue weighted by Crippen LogP contribution is 2.35. The van der Waals surface area contributed by atoms with Crippen LogP contribution in [-0.4, -0.2) is 32.1 Å². The van der Waals surface area contributed by atoms with Crippen LogP contribution in [0.2, 0.25) is 0 Å². The number of nitrogens with zero attached hydrogens (tertiary/aromatic N) is 5. The molecule has 2 aromatic carbocycles. The fraction of sp³-hybridized carbons (Fsp3) is 0.238. The van der Waals surface area contributed by atoms with Crippen molar-refractivity contribution in [1.82, 2.24) is 25.0 Å². The van der Waals surface area contributed by atoms with Gasteiger partial charge in [-0.1, -0.05) is 42.1 Å². The first-order valence-electron chi connectivity index (χ1n) is 9.32. The second-order valence-electron chi connectivity index (χ2n) is 6.35. The quantitative estimate of drug-likeness (QED) is 0.404. The molecule has 0 aliphatic carbocycles. The van der Waals surface area contributed by atoms with Crippen molar-refractivity contribution in [1.29, 1.82) is 0 Å². The van der Waals surface area contributed by atoms with Gasteiger partial charge in [-0.15, -0.1) is 20.4 Å². The summed E-state index contributed by atoms with van der Waals surface area (Å²) in [7, 11) is 1.64. The number of aromatic nitrogens is 5. The van der Waals surface area contributed by atoms with Crippen LogP contribution in [0.4, 0.5) is 0 Å². The van der Waals surface area contributed by atoms with E-state index in [0.29, 0.717) is 11.8 Å². The molecule has 0 spiro atoms. The van der Waals surface area contributed by atoms with Crippen molar-refractivity contribution in [2.75, 3.05) is 7.11 Å². The lowest BCUT2D eigenvalue weighted by Crippen LogP contribution is -2.01. The minimum absolute atomic E-state index is 0.0624. The summed E-state index contributed by atoms with van der Waals surface area (Å²) in [5.74, 6) is 2.67. The number of hydrogen-bond acceptors (Lipinski definition) is 7. The van der Waals surface area contributed by atoms with Crippen LogP contribution in [0.1, 0.15) is 25.0 Å². The first kappa shape index (κ1) is 19.2. The minimum Gasteiger partial charge on any atom is -0.497 e. The standard InChI is InChI=1S/C21H21N5O2S/c1-4-26-18(15-8-6-5-7-9-15)22-25-21(26)29-14(2)19-23-24-20(28-19)16-10-12-17(27-3)13-11-16/h5-14H,4H2,1-3H3/t14-/m1/s1. The Morgan fingerprint density at radius 1 is 0.966 bits per heavy atom. The molecule has 148 valence electrons. The predicted octanol–water partition coefficient (Wildman–Crippen LogP) is 4.88. The predicted molar refractivity (Wildman–Crippen MR) is 112 cm³/mol. The maximum Gasteiger partial charge on any atom is 0.247 e. The third kappa shape index (κ3) is 4.02. The molecule has 4 rings (SSSR count).